The molecule has 0 fully saturated rings. The first-order valence-corrected chi connectivity index (χ1v) is 7.18. The molecule has 0 saturated carbocycles. The number of carbonyl (C=O) groups is 1. The SMILES string of the molecule is O=C(O)c1ccc(Br)c(OCC2Cc3ccccc32)c1. The minimum Gasteiger partial charge on any atom is -0.492 e. The lowest BCUT2D eigenvalue weighted by atomic mass is 9.78. The van der Waals surface area contributed by atoms with Crippen molar-refractivity contribution in [3.8, 4) is 5.75 Å². The van der Waals surface area contributed by atoms with Gasteiger partial charge in [-0.3, -0.25) is 0 Å². The monoisotopic (exact) mass is 332 g/mol. The first-order valence-electron chi connectivity index (χ1n) is 6.38. The highest BCUT2D eigenvalue weighted by Crippen LogP contribution is 2.36. The molecule has 102 valence electrons. The summed E-state index contributed by atoms with van der Waals surface area (Å²) in [6.45, 7) is 0.568. The summed E-state index contributed by atoms with van der Waals surface area (Å²) in [6, 6.07) is 13.1. The Hall–Kier alpha value is -1.81. The van der Waals surface area contributed by atoms with Gasteiger partial charge in [0.15, 0.2) is 0 Å². The number of carboxylic acids is 1. The van der Waals surface area contributed by atoms with E-state index in [4.69, 9.17) is 9.84 Å². The van der Waals surface area contributed by atoms with Gasteiger partial charge in [0.25, 0.3) is 0 Å². The van der Waals surface area contributed by atoms with E-state index in [9.17, 15) is 4.79 Å². The van der Waals surface area contributed by atoms with E-state index in [0.29, 0.717) is 18.3 Å². The van der Waals surface area contributed by atoms with E-state index in [-0.39, 0.29) is 5.56 Å². The number of rotatable bonds is 4. The van der Waals surface area contributed by atoms with E-state index < -0.39 is 5.97 Å². The van der Waals surface area contributed by atoms with Gasteiger partial charge in [-0.2, -0.15) is 0 Å². The molecule has 3 rings (SSSR count). The summed E-state index contributed by atoms with van der Waals surface area (Å²) in [5.41, 5.74) is 2.94. The zero-order chi connectivity index (χ0) is 14.1. The molecule has 0 aromatic heterocycles. The molecule has 20 heavy (non-hydrogen) atoms. The van der Waals surface area contributed by atoms with Crippen molar-refractivity contribution in [2.75, 3.05) is 6.61 Å². The Morgan fingerprint density at radius 1 is 1.30 bits per heavy atom. The molecule has 1 aliphatic rings. The number of benzene rings is 2. The van der Waals surface area contributed by atoms with Crippen molar-refractivity contribution < 1.29 is 14.6 Å². The molecule has 0 bridgehead atoms. The summed E-state index contributed by atoms with van der Waals surface area (Å²) in [5, 5.41) is 8.99. The van der Waals surface area contributed by atoms with Gasteiger partial charge in [0.1, 0.15) is 5.75 Å². The number of halogens is 1. The van der Waals surface area contributed by atoms with Gasteiger partial charge in [-0.1, -0.05) is 24.3 Å². The molecule has 0 saturated heterocycles. The number of aromatic carboxylic acids is 1. The van der Waals surface area contributed by atoms with E-state index in [2.05, 4.69) is 28.1 Å². The molecule has 0 radical (unpaired) electrons. The summed E-state index contributed by atoms with van der Waals surface area (Å²) in [7, 11) is 0. The molecular weight excluding hydrogens is 320 g/mol. The van der Waals surface area contributed by atoms with E-state index >= 15 is 0 Å². The van der Waals surface area contributed by atoms with Crippen LogP contribution in [-0.2, 0) is 6.42 Å². The molecule has 0 aliphatic heterocycles. The number of hydrogen-bond acceptors (Lipinski definition) is 2. The van der Waals surface area contributed by atoms with Crippen LogP contribution in [0, 0.1) is 0 Å². The lowest BCUT2D eigenvalue weighted by molar-refractivity contribution is 0.0696. The van der Waals surface area contributed by atoms with Gasteiger partial charge in [-0.25, -0.2) is 4.79 Å². The van der Waals surface area contributed by atoms with Gasteiger partial charge in [0, 0.05) is 5.92 Å². The fraction of sp³-hybridized carbons (Fsp3) is 0.188. The van der Waals surface area contributed by atoms with Gasteiger partial charge >= 0.3 is 5.97 Å². The van der Waals surface area contributed by atoms with Crippen LogP contribution in [0.3, 0.4) is 0 Å². The summed E-state index contributed by atoms with van der Waals surface area (Å²) in [6.07, 6.45) is 1.02. The molecule has 1 unspecified atom stereocenters. The Kier molecular flexibility index (Phi) is 3.49. The van der Waals surface area contributed by atoms with Crippen LogP contribution < -0.4 is 4.74 Å². The maximum atomic E-state index is 11.0. The molecule has 2 aromatic carbocycles. The molecule has 1 atom stereocenters. The summed E-state index contributed by atoms with van der Waals surface area (Å²) >= 11 is 3.38. The average Bonchev–Trinajstić information content (AvgIpc) is 2.41. The Labute approximate surface area is 125 Å². The van der Waals surface area contributed by atoms with E-state index in [1.165, 1.54) is 11.1 Å². The quantitative estimate of drug-likeness (QED) is 0.924. The molecule has 0 amide bonds. The van der Waals surface area contributed by atoms with E-state index in [0.717, 1.165) is 10.9 Å². The van der Waals surface area contributed by atoms with Crippen molar-refractivity contribution in [3.05, 3.63) is 63.6 Å². The van der Waals surface area contributed by atoms with Crippen LogP contribution in [0.5, 0.6) is 5.75 Å². The highest BCUT2D eigenvalue weighted by atomic mass is 79.9. The second-order valence-corrected chi connectivity index (χ2v) is 5.72. The highest BCUT2D eigenvalue weighted by molar-refractivity contribution is 9.10. The molecule has 4 heteroatoms. The van der Waals surface area contributed by atoms with Gasteiger partial charge in [0.05, 0.1) is 16.6 Å². The van der Waals surface area contributed by atoms with Crippen LogP contribution in [0.25, 0.3) is 0 Å². The number of carboxylic acid groups (broad SMARTS) is 1. The molecule has 1 aliphatic carbocycles. The lowest BCUT2D eigenvalue weighted by Crippen LogP contribution is -2.23. The summed E-state index contributed by atoms with van der Waals surface area (Å²) in [4.78, 5) is 11.0. The van der Waals surface area contributed by atoms with Crippen molar-refractivity contribution in [2.45, 2.75) is 12.3 Å². The smallest absolute Gasteiger partial charge is 0.335 e. The molecule has 0 spiro atoms. The van der Waals surface area contributed by atoms with Gasteiger partial charge < -0.3 is 9.84 Å². The maximum Gasteiger partial charge on any atom is 0.335 e. The molecule has 1 N–H and O–H groups in total. The van der Waals surface area contributed by atoms with Crippen LogP contribution in [0.15, 0.2) is 46.9 Å². The van der Waals surface area contributed by atoms with Crippen molar-refractivity contribution in [1.29, 1.82) is 0 Å². The molecular formula is C16H13BrO3. The zero-order valence-electron chi connectivity index (χ0n) is 10.7. The van der Waals surface area contributed by atoms with Crippen LogP contribution >= 0.6 is 15.9 Å². The third-order valence-electron chi connectivity index (χ3n) is 3.58. The van der Waals surface area contributed by atoms with Crippen LogP contribution in [0.1, 0.15) is 27.4 Å². The van der Waals surface area contributed by atoms with Gasteiger partial charge in [-0.15, -0.1) is 0 Å². The fourth-order valence-electron chi connectivity index (χ4n) is 2.45. The topological polar surface area (TPSA) is 46.5 Å². The summed E-state index contributed by atoms with van der Waals surface area (Å²) < 4.78 is 6.55. The highest BCUT2D eigenvalue weighted by Gasteiger charge is 2.26. The van der Waals surface area contributed by atoms with Gasteiger partial charge in [-0.05, 0) is 51.7 Å². The molecule has 0 heterocycles. The average molecular weight is 333 g/mol. The Bertz CT molecular complexity index is 667. The van der Waals surface area contributed by atoms with Crippen molar-refractivity contribution >= 4 is 21.9 Å². The Morgan fingerprint density at radius 3 is 2.85 bits per heavy atom. The first-order chi connectivity index (χ1) is 9.65. The van der Waals surface area contributed by atoms with E-state index in [1.54, 1.807) is 18.2 Å². The van der Waals surface area contributed by atoms with Crippen molar-refractivity contribution in [3.63, 3.8) is 0 Å². The van der Waals surface area contributed by atoms with Crippen LogP contribution in [0.2, 0.25) is 0 Å². The summed E-state index contributed by atoms with van der Waals surface area (Å²) in [5.74, 6) is 0.0252. The molecule has 2 aromatic rings. The normalized spacial score (nSPS) is 16.1. The number of fused-ring (bicyclic) bond motifs is 1. The minimum atomic E-state index is -0.948. The Balaban J connectivity index is 1.71. The number of ether oxygens (including phenoxy) is 1. The predicted octanol–water partition coefficient (Wildman–Crippen LogP) is 3.87. The Morgan fingerprint density at radius 2 is 2.10 bits per heavy atom. The largest absolute Gasteiger partial charge is 0.492 e. The molecule has 3 nitrogen and oxygen atoms in total. The van der Waals surface area contributed by atoms with Crippen LogP contribution in [0.4, 0.5) is 0 Å². The second-order valence-electron chi connectivity index (χ2n) is 4.86. The third-order valence-corrected chi connectivity index (χ3v) is 4.23. The fourth-order valence-corrected chi connectivity index (χ4v) is 2.81. The van der Waals surface area contributed by atoms with Crippen molar-refractivity contribution in [2.24, 2.45) is 0 Å². The predicted molar refractivity (Wildman–Crippen MR) is 79.5 cm³/mol. The second kappa shape index (κ2) is 5.29. The first kappa shape index (κ1) is 13.2. The minimum absolute atomic E-state index is 0.234. The third kappa shape index (κ3) is 2.43. The van der Waals surface area contributed by atoms with Crippen LogP contribution in [-0.4, -0.2) is 17.7 Å². The standard InChI is InChI=1S/C16H13BrO3/c17-14-6-5-11(16(18)19)8-15(14)20-9-12-7-10-3-1-2-4-13(10)12/h1-6,8,12H,7,9H2,(H,18,19). The van der Waals surface area contributed by atoms with E-state index in [1.807, 2.05) is 12.1 Å². The van der Waals surface area contributed by atoms with Crippen molar-refractivity contribution in [1.82, 2.24) is 0 Å². The lowest BCUT2D eigenvalue weighted by Gasteiger charge is -2.30. The zero-order valence-corrected chi connectivity index (χ0v) is 12.3. The van der Waals surface area contributed by atoms with Gasteiger partial charge in [0.2, 0.25) is 0 Å². The number of hydrogen-bond donors (Lipinski definition) is 1. The maximum absolute atomic E-state index is 11.0.